The van der Waals surface area contributed by atoms with Gasteiger partial charge in [-0.15, -0.1) is 0 Å². The van der Waals surface area contributed by atoms with Crippen LogP contribution in [0.5, 0.6) is 17.2 Å². The van der Waals surface area contributed by atoms with Crippen LogP contribution in [0.3, 0.4) is 0 Å². The molecule has 2 aromatic carbocycles. The van der Waals surface area contributed by atoms with Gasteiger partial charge in [0, 0.05) is 43.6 Å². The smallest absolute Gasteiger partial charge is 0.321 e. The lowest BCUT2D eigenvalue weighted by Gasteiger charge is -2.36. The maximum absolute atomic E-state index is 12.5. The molecule has 0 aliphatic carbocycles. The summed E-state index contributed by atoms with van der Waals surface area (Å²) >= 11 is 0. The second kappa shape index (κ2) is 7.65. The number of fused-ring (bicyclic) bond motifs is 1. The summed E-state index contributed by atoms with van der Waals surface area (Å²) in [6, 6.07) is 13.4. The topological polar surface area (TPSA) is 63.3 Å². The fourth-order valence-electron chi connectivity index (χ4n) is 3.26. The van der Waals surface area contributed by atoms with E-state index >= 15 is 0 Å². The van der Waals surface area contributed by atoms with E-state index in [0.717, 1.165) is 24.5 Å². The van der Waals surface area contributed by atoms with Crippen LogP contribution in [0.4, 0.5) is 16.2 Å². The Labute approximate surface area is 158 Å². The highest BCUT2D eigenvalue weighted by molar-refractivity contribution is 5.90. The average molecular weight is 369 g/mol. The molecule has 2 amide bonds. The molecule has 2 aromatic rings. The van der Waals surface area contributed by atoms with Gasteiger partial charge in [0.15, 0.2) is 11.5 Å². The van der Waals surface area contributed by atoms with Crippen LogP contribution in [0.1, 0.15) is 6.92 Å². The Morgan fingerprint density at radius 1 is 1.04 bits per heavy atom. The number of hydrogen-bond acceptors (Lipinski definition) is 5. The summed E-state index contributed by atoms with van der Waals surface area (Å²) in [5.41, 5.74) is 1.85. The third-order valence-electron chi connectivity index (χ3n) is 4.70. The number of carbonyl (C=O) groups is 1. The van der Waals surface area contributed by atoms with Crippen molar-refractivity contribution in [3.05, 3.63) is 42.5 Å². The molecule has 0 spiro atoms. The zero-order chi connectivity index (χ0) is 18.6. The summed E-state index contributed by atoms with van der Waals surface area (Å²) in [5, 5.41) is 2.93. The van der Waals surface area contributed by atoms with E-state index in [1.807, 2.05) is 36.1 Å². The molecule has 0 unspecified atom stereocenters. The molecule has 2 aliphatic rings. The molecule has 0 aromatic heterocycles. The van der Waals surface area contributed by atoms with Gasteiger partial charge < -0.3 is 29.3 Å². The summed E-state index contributed by atoms with van der Waals surface area (Å²) in [7, 11) is 0. The number of benzene rings is 2. The van der Waals surface area contributed by atoms with Gasteiger partial charge in [-0.2, -0.15) is 0 Å². The number of nitrogens with one attached hydrogen (secondary N) is 1. The van der Waals surface area contributed by atoms with Gasteiger partial charge in [0.25, 0.3) is 0 Å². The lowest BCUT2D eigenvalue weighted by molar-refractivity contribution is 0.174. The van der Waals surface area contributed by atoms with Gasteiger partial charge in [-0.3, -0.25) is 0 Å². The highest BCUT2D eigenvalue weighted by Gasteiger charge is 2.22. The highest BCUT2D eigenvalue weighted by Crippen LogP contribution is 2.34. The van der Waals surface area contributed by atoms with Gasteiger partial charge in [-0.05, 0) is 43.3 Å². The fraction of sp³-hybridized carbons (Fsp3) is 0.350. The number of anilines is 2. The predicted octanol–water partition coefficient (Wildman–Crippen LogP) is 3.17. The van der Waals surface area contributed by atoms with Crippen LogP contribution in [0.2, 0.25) is 0 Å². The van der Waals surface area contributed by atoms with Crippen LogP contribution in [-0.4, -0.2) is 50.5 Å². The van der Waals surface area contributed by atoms with Gasteiger partial charge in [0.2, 0.25) is 6.79 Å². The van der Waals surface area contributed by atoms with E-state index in [1.54, 1.807) is 6.07 Å². The van der Waals surface area contributed by atoms with Crippen molar-refractivity contribution < 1.29 is 19.0 Å². The van der Waals surface area contributed by atoms with Gasteiger partial charge >= 0.3 is 6.03 Å². The molecular formula is C20H23N3O4. The van der Waals surface area contributed by atoms with Gasteiger partial charge in [-0.25, -0.2) is 4.79 Å². The zero-order valence-corrected chi connectivity index (χ0v) is 15.3. The molecule has 142 valence electrons. The van der Waals surface area contributed by atoms with Gasteiger partial charge in [0.1, 0.15) is 5.75 Å². The largest absolute Gasteiger partial charge is 0.494 e. The molecule has 1 saturated heterocycles. The number of rotatable bonds is 4. The Morgan fingerprint density at radius 2 is 1.78 bits per heavy atom. The average Bonchev–Trinajstić information content (AvgIpc) is 3.17. The fourth-order valence-corrected chi connectivity index (χ4v) is 3.26. The maximum atomic E-state index is 12.5. The molecule has 7 heteroatoms. The van der Waals surface area contributed by atoms with Crippen LogP contribution < -0.4 is 24.4 Å². The van der Waals surface area contributed by atoms with Crippen LogP contribution in [-0.2, 0) is 0 Å². The number of amides is 2. The number of carbonyl (C=O) groups excluding carboxylic acids is 1. The van der Waals surface area contributed by atoms with Crippen molar-refractivity contribution in [1.29, 1.82) is 0 Å². The molecule has 0 bridgehead atoms. The molecule has 1 N–H and O–H groups in total. The predicted molar refractivity (Wildman–Crippen MR) is 103 cm³/mol. The molecule has 4 rings (SSSR count). The first-order valence-electron chi connectivity index (χ1n) is 9.16. The van der Waals surface area contributed by atoms with Crippen molar-refractivity contribution in [2.45, 2.75) is 6.92 Å². The van der Waals surface area contributed by atoms with E-state index in [9.17, 15) is 4.79 Å². The zero-order valence-electron chi connectivity index (χ0n) is 15.3. The standard InChI is InChI=1S/C20H23N3O4/c1-2-25-17-6-4-16(5-7-17)22-9-11-23(12-10-22)20(24)21-15-3-8-18-19(13-15)27-14-26-18/h3-8,13H,2,9-12,14H2,1H3,(H,21,24). The van der Waals surface area contributed by atoms with Crippen molar-refractivity contribution in [2.24, 2.45) is 0 Å². The lowest BCUT2D eigenvalue weighted by atomic mass is 10.2. The molecule has 0 atom stereocenters. The molecule has 2 aliphatic heterocycles. The van der Waals surface area contributed by atoms with E-state index in [1.165, 1.54) is 0 Å². The Hall–Kier alpha value is -3.09. The van der Waals surface area contributed by atoms with Crippen LogP contribution in [0.25, 0.3) is 0 Å². The third-order valence-corrected chi connectivity index (χ3v) is 4.70. The van der Waals surface area contributed by atoms with E-state index in [0.29, 0.717) is 36.9 Å². The number of piperazine rings is 1. The first-order valence-corrected chi connectivity index (χ1v) is 9.16. The van der Waals surface area contributed by atoms with E-state index in [4.69, 9.17) is 14.2 Å². The highest BCUT2D eigenvalue weighted by atomic mass is 16.7. The number of ether oxygens (including phenoxy) is 3. The van der Waals surface area contributed by atoms with Gasteiger partial charge in [0.05, 0.1) is 6.61 Å². The van der Waals surface area contributed by atoms with E-state index in [-0.39, 0.29) is 12.8 Å². The summed E-state index contributed by atoms with van der Waals surface area (Å²) < 4.78 is 16.1. The Morgan fingerprint density at radius 3 is 2.52 bits per heavy atom. The summed E-state index contributed by atoms with van der Waals surface area (Å²) in [5.74, 6) is 2.24. The van der Waals surface area contributed by atoms with Crippen molar-refractivity contribution in [3.8, 4) is 17.2 Å². The van der Waals surface area contributed by atoms with Crippen molar-refractivity contribution in [2.75, 3.05) is 49.8 Å². The second-order valence-corrected chi connectivity index (χ2v) is 6.40. The summed E-state index contributed by atoms with van der Waals surface area (Å²) in [6.07, 6.45) is 0. The Bertz CT molecular complexity index is 801. The molecule has 2 heterocycles. The molecule has 1 fully saturated rings. The minimum Gasteiger partial charge on any atom is -0.494 e. The van der Waals surface area contributed by atoms with Crippen molar-refractivity contribution in [3.63, 3.8) is 0 Å². The second-order valence-electron chi connectivity index (χ2n) is 6.40. The van der Waals surface area contributed by atoms with Crippen LogP contribution >= 0.6 is 0 Å². The maximum Gasteiger partial charge on any atom is 0.321 e. The molecule has 7 nitrogen and oxygen atoms in total. The summed E-state index contributed by atoms with van der Waals surface area (Å²) in [4.78, 5) is 16.6. The lowest BCUT2D eigenvalue weighted by Crippen LogP contribution is -2.50. The van der Waals surface area contributed by atoms with Crippen LogP contribution in [0, 0.1) is 0 Å². The molecule has 0 saturated carbocycles. The molecular weight excluding hydrogens is 346 g/mol. The quantitative estimate of drug-likeness (QED) is 0.897. The van der Waals surface area contributed by atoms with Crippen LogP contribution in [0.15, 0.2) is 42.5 Å². The van der Waals surface area contributed by atoms with E-state index < -0.39 is 0 Å². The van der Waals surface area contributed by atoms with Crippen molar-refractivity contribution in [1.82, 2.24) is 4.90 Å². The van der Waals surface area contributed by atoms with Crippen molar-refractivity contribution >= 4 is 17.4 Å². The first kappa shape index (κ1) is 17.3. The third kappa shape index (κ3) is 3.86. The summed E-state index contributed by atoms with van der Waals surface area (Å²) in [6.45, 7) is 5.79. The molecule has 0 radical (unpaired) electrons. The monoisotopic (exact) mass is 369 g/mol. The normalized spacial score (nSPS) is 15.6. The SMILES string of the molecule is CCOc1ccc(N2CCN(C(=O)Nc3ccc4c(c3)OCO4)CC2)cc1. The van der Waals surface area contributed by atoms with E-state index in [2.05, 4.69) is 22.3 Å². The Balaban J connectivity index is 1.31. The minimum absolute atomic E-state index is 0.0970. The number of hydrogen-bond donors (Lipinski definition) is 1. The minimum atomic E-state index is -0.0970. The number of nitrogens with zero attached hydrogens (tertiary/aromatic N) is 2. The molecule has 27 heavy (non-hydrogen) atoms. The Kier molecular flexibility index (Phi) is 4.91. The first-order chi connectivity index (χ1) is 13.2. The number of urea groups is 1. The van der Waals surface area contributed by atoms with Gasteiger partial charge in [-0.1, -0.05) is 0 Å².